The molecule has 0 saturated carbocycles. The number of anilines is 1. The third-order valence-electron chi connectivity index (χ3n) is 2.69. The van der Waals surface area contributed by atoms with Crippen LogP contribution in [0.25, 0.3) is 0 Å². The van der Waals surface area contributed by atoms with Crippen molar-refractivity contribution in [2.24, 2.45) is 0 Å². The lowest BCUT2D eigenvalue weighted by molar-refractivity contribution is 0.624. The van der Waals surface area contributed by atoms with E-state index < -0.39 is 5.82 Å². The average Bonchev–Trinajstić information content (AvgIpc) is 2.36. The van der Waals surface area contributed by atoms with Crippen molar-refractivity contribution >= 4 is 17.3 Å². The summed E-state index contributed by atoms with van der Waals surface area (Å²) >= 11 is 5.70. The van der Waals surface area contributed by atoms with Crippen LogP contribution < -0.4 is 5.32 Å². The van der Waals surface area contributed by atoms with E-state index in [-0.39, 0.29) is 16.9 Å². The van der Waals surface area contributed by atoms with Gasteiger partial charge in [-0.15, -0.1) is 0 Å². The molecular formula is C14H12ClF2N. The van der Waals surface area contributed by atoms with Crippen LogP contribution in [0.4, 0.5) is 14.5 Å². The maximum absolute atomic E-state index is 13.7. The molecule has 0 saturated heterocycles. The van der Waals surface area contributed by atoms with E-state index in [1.807, 2.05) is 6.92 Å². The molecule has 2 aromatic rings. The molecule has 1 unspecified atom stereocenters. The van der Waals surface area contributed by atoms with Crippen molar-refractivity contribution in [2.45, 2.75) is 13.0 Å². The highest BCUT2D eigenvalue weighted by molar-refractivity contribution is 6.31. The van der Waals surface area contributed by atoms with Gasteiger partial charge in [0.05, 0.1) is 10.7 Å². The predicted octanol–water partition coefficient (Wildman–Crippen LogP) is 4.79. The Labute approximate surface area is 109 Å². The van der Waals surface area contributed by atoms with Crippen molar-refractivity contribution in [3.63, 3.8) is 0 Å². The third-order valence-corrected chi connectivity index (χ3v) is 2.99. The Morgan fingerprint density at radius 2 is 1.72 bits per heavy atom. The fourth-order valence-corrected chi connectivity index (χ4v) is 1.86. The van der Waals surface area contributed by atoms with Gasteiger partial charge in [0.2, 0.25) is 0 Å². The molecule has 0 spiro atoms. The van der Waals surface area contributed by atoms with Crippen molar-refractivity contribution in [1.82, 2.24) is 0 Å². The van der Waals surface area contributed by atoms with Gasteiger partial charge in [0, 0.05) is 6.04 Å². The van der Waals surface area contributed by atoms with Gasteiger partial charge in [0.1, 0.15) is 5.82 Å². The lowest BCUT2D eigenvalue weighted by Gasteiger charge is -2.16. The zero-order chi connectivity index (χ0) is 13.1. The number of benzene rings is 2. The molecule has 0 fully saturated rings. The Kier molecular flexibility index (Phi) is 3.82. The molecule has 18 heavy (non-hydrogen) atoms. The molecule has 0 aliphatic rings. The van der Waals surface area contributed by atoms with Gasteiger partial charge >= 0.3 is 0 Å². The van der Waals surface area contributed by atoms with Gasteiger partial charge in [-0.3, -0.25) is 0 Å². The Bertz CT molecular complexity index is 540. The molecule has 94 valence electrons. The van der Waals surface area contributed by atoms with Gasteiger partial charge in [-0.2, -0.15) is 0 Å². The molecule has 1 nitrogen and oxygen atoms in total. The van der Waals surface area contributed by atoms with E-state index >= 15 is 0 Å². The Morgan fingerprint density at radius 3 is 2.39 bits per heavy atom. The van der Waals surface area contributed by atoms with E-state index in [1.54, 1.807) is 24.3 Å². The first-order valence-electron chi connectivity index (χ1n) is 5.54. The zero-order valence-electron chi connectivity index (χ0n) is 9.75. The molecule has 0 aliphatic heterocycles. The normalized spacial score (nSPS) is 12.2. The molecule has 0 radical (unpaired) electrons. The van der Waals surface area contributed by atoms with Gasteiger partial charge in [0.15, 0.2) is 5.82 Å². The monoisotopic (exact) mass is 267 g/mol. The average molecular weight is 268 g/mol. The number of hydrogen-bond donors (Lipinski definition) is 1. The highest BCUT2D eigenvalue weighted by Crippen LogP contribution is 2.26. The van der Waals surface area contributed by atoms with Gasteiger partial charge in [0.25, 0.3) is 0 Å². The minimum absolute atomic E-state index is 0.0753. The maximum atomic E-state index is 13.7. The van der Waals surface area contributed by atoms with Crippen molar-refractivity contribution in [1.29, 1.82) is 0 Å². The van der Waals surface area contributed by atoms with Crippen molar-refractivity contribution in [3.8, 4) is 0 Å². The number of hydrogen-bond acceptors (Lipinski definition) is 1. The summed E-state index contributed by atoms with van der Waals surface area (Å²) in [7, 11) is 0. The molecule has 0 aliphatic carbocycles. The second-order valence-electron chi connectivity index (χ2n) is 4.02. The smallest absolute Gasteiger partial charge is 0.164 e. The molecule has 2 aromatic carbocycles. The van der Waals surface area contributed by atoms with E-state index in [1.165, 1.54) is 18.2 Å². The lowest BCUT2D eigenvalue weighted by atomic mass is 10.1. The molecule has 1 N–H and O–H groups in total. The standard InChI is InChI=1S/C14H12ClF2N/c1-9(10-5-7-11(16)8-6-10)18-13-4-2-3-12(15)14(13)17/h2-9,18H,1H3. The van der Waals surface area contributed by atoms with Crippen LogP contribution in [0.2, 0.25) is 5.02 Å². The first-order valence-corrected chi connectivity index (χ1v) is 5.91. The van der Waals surface area contributed by atoms with Gasteiger partial charge in [-0.25, -0.2) is 8.78 Å². The summed E-state index contributed by atoms with van der Waals surface area (Å²) in [5.41, 5.74) is 1.20. The summed E-state index contributed by atoms with van der Waals surface area (Å²) in [6.45, 7) is 1.87. The Hall–Kier alpha value is -1.61. The molecule has 0 aromatic heterocycles. The van der Waals surface area contributed by atoms with E-state index in [9.17, 15) is 8.78 Å². The number of halogens is 3. The topological polar surface area (TPSA) is 12.0 Å². The van der Waals surface area contributed by atoms with Gasteiger partial charge in [-0.05, 0) is 36.8 Å². The first kappa shape index (κ1) is 12.8. The molecule has 0 heterocycles. The second kappa shape index (κ2) is 5.36. The molecule has 0 bridgehead atoms. The molecule has 0 amide bonds. The minimum Gasteiger partial charge on any atom is -0.376 e. The third kappa shape index (κ3) is 2.79. The minimum atomic E-state index is -0.479. The van der Waals surface area contributed by atoms with Crippen molar-refractivity contribution in [2.75, 3.05) is 5.32 Å². The highest BCUT2D eigenvalue weighted by atomic mass is 35.5. The number of rotatable bonds is 3. The fraction of sp³-hybridized carbons (Fsp3) is 0.143. The number of nitrogens with one attached hydrogen (secondary N) is 1. The molecule has 1 atom stereocenters. The zero-order valence-corrected chi connectivity index (χ0v) is 10.5. The van der Waals surface area contributed by atoms with Crippen LogP contribution in [0.3, 0.4) is 0 Å². The Balaban J connectivity index is 2.18. The van der Waals surface area contributed by atoms with Crippen molar-refractivity contribution in [3.05, 3.63) is 64.7 Å². The van der Waals surface area contributed by atoms with Crippen LogP contribution in [0, 0.1) is 11.6 Å². The largest absolute Gasteiger partial charge is 0.376 e. The van der Waals surface area contributed by atoms with Crippen LogP contribution >= 0.6 is 11.6 Å². The fourth-order valence-electron chi connectivity index (χ4n) is 1.68. The van der Waals surface area contributed by atoms with Crippen molar-refractivity contribution < 1.29 is 8.78 Å². The summed E-state index contributed by atoms with van der Waals surface area (Å²) in [6, 6.07) is 10.7. The quantitative estimate of drug-likeness (QED) is 0.843. The van der Waals surface area contributed by atoms with Crippen LogP contribution in [-0.4, -0.2) is 0 Å². The molecular weight excluding hydrogens is 256 g/mol. The summed E-state index contributed by atoms with van der Waals surface area (Å²) in [5, 5.41) is 3.08. The molecule has 2 rings (SSSR count). The summed E-state index contributed by atoms with van der Waals surface area (Å²) in [4.78, 5) is 0. The van der Waals surface area contributed by atoms with E-state index in [0.29, 0.717) is 5.69 Å². The van der Waals surface area contributed by atoms with Crippen LogP contribution in [0.15, 0.2) is 42.5 Å². The second-order valence-corrected chi connectivity index (χ2v) is 4.43. The summed E-state index contributed by atoms with van der Waals surface area (Å²) < 4.78 is 26.5. The van der Waals surface area contributed by atoms with Crippen LogP contribution in [0.1, 0.15) is 18.5 Å². The molecule has 4 heteroatoms. The van der Waals surface area contributed by atoms with E-state index in [2.05, 4.69) is 5.32 Å². The summed E-state index contributed by atoms with van der Waals surface area (Å²) in [5.74, 6) is -0.770. The highest BCUT2D eigenvalue weighted by Gasteiger charge is 2.10. The first-order chi connectivity index (χ1) is 8.58. The Morgan fingerprint density at radius 1 is 1.06 bits per heavy atom. The van der Waals surface area contributed by atoms with Crippen LogP contribution in [-0.2, 0) is 0 Å². The predicted molar refractivity (Wildman–Crippen MR) is 69.8 cm³/mol. The maximum Gasteiger partial charge on any atom is 0.164 e. The van der Waals surface area contributed by atoms with Gasteiger partial charge in [-0.1, -0.05) is 29.8 Å². The summed E-state index contributed by atoms with van der Waals surface area (Å²) in [6.07, 6.45) is 0. The lowest BCUT2D eigenvalue weighted by Crippen LogP contribution is -2.08. The van der Waals surface area contributed by atoms with Gasteiger partial charge < -0.3 is 5.32 Å². The van der Waals surface area contributed by atoms with E-state index in [4.69, 9.17) is 11.6 Å². The SMILES string of the molecule is CC(Nc1cccc(Cl)c1F)c1ccc(F)cc1. The van der Waals surface area contributed by atoms with E-state index in [0.717, 1.165) is 5.56 Å². The van der Waals surface area contributed by atoms with Crippen LogP contribution in [0.5, 0.6) is 0 Å².